The van der Waals surface area contributed by atoms with Crippen molar-refractivity contribution in [1.82, 2.24) is 4.98 Å². The molecule has 0 aliphatic rings. The standard InChI is InChI=1S/C9H12N2S/c1-2-7-3-4-8(11-6-7)5-9(10)12/h3-4,6H,2,5H2,1H3,(H2,10,12). The summed E-state index contributed by atoms with van der Waals surface area (Å²) < 4.78 is 0. The SMILES string of the molecule is CCc1ccc(CC(N)=S)nc1. The van der Waals surface area contributed by atoms with Gasteiger partial charge in [0.05, 0.1) is 4.99 Å². The van der Waals surface area contributed by atoms with Gasteiger partial charge in [0.1, 0.15) is 0 Å². The van der Waals surface area contributed by atoms with Crippen molar-refractivity contribution < 1.29 is 0 Å². The van der Waals surface area contributed by atoms with Gasteiger partial charge in [0, 0.05) is 18.3 Å². The first kappa shape index (κ1) is 9.13. The van der Waals surface area contributed by atoms with Gasteiger partial charge >= 0.3 is 0 Å². The molecule has 2 nitrogen and oxygen atoms in total. The van der Waals surface area contributed by atoms with Crippen molar-refractivity contribution >= 4 is 17.2 Å². The molecule has 0 atom stereocenters. The van der Waals surface area contributed by atoms with Gasteiger partial charge in [-0.05, 0) is 18.1 Å². The van der Waals surface area contributed by atoms with Crippen LogP contribution < -0.4 is 5.73 Å². The first-order valence-electron chi connectivity index (χ1n) is 3.94. The molecule has 1 aromatic rings. The molecule has 0 amide bonds. The number of aryl methyl sites for hydroxylation is 1. The molecule has 0 radical (unpaired) electrons. The van der Waals surface area contributed by atoms with Gasteiger partial charge in [0.15, 0.2) is 0 Å². The van der Waals surface area contributed by atoms with Gasteiger partial charge in [-0.2, -0.15) is 0 Å². The van der Waals surface area contributed by atoms with E-state index in [1.54, 1.807) is 0 Å². The highest BCUT2D eigenvalue weighted by molar-refractivity contribution is 7.80. The maximum atomic E-state index is 5.39. The van der Waals surface area contributed by atoms with Crippen molar-refractivity contribution in [3.05, 3.63) is 29.6 Å². The number of nitrogens with two attached hydrogens (primary N) is 1. The number of rotatable bonds is 3. The molecule has 0 unspecified atom stereocenters. The number of thiocarbonyl (C=S) groups is 1. The van der Waals surface area contributed by atoms with Crippen LogP contribution in [-0.2, 0) is 12.8 Å². The Hall–Kier alpha value is -0.960. The predicted octanol–water partition coefficient (Wildman–Crippen LogP) is 1.47. The van der Waals surface area contributed by atoms with Crippen LogP contribution in [0.4, 0.5) is 0 Å². The van der Waals surface area contributed by atoms with Crippen molar-refractivity contribution in [2.75, 3.05) is 0 Å². The van der Waals surface area contributed by atoms with Crippen molar-refractivity contribution in [1.29, 1.82) is 0 Å². The van der Waals surface area contributed by atoms with Crippen molar-refractivity contribution in [3.63, 3.8) is 0 Å². The fourth-order valence-electron chi connectivity index (χ4n) is 0.947. The number of aromatic nitrogens is 1. The normalized spacial score (nSPS) is 9.75. The third-order valence-corrected chi connectivity index (χ3v) is 1.79. The van der Waals surface area contributed by atoms with Crippen molar-refractivity contribution in [2.45, 2.75) is 19.8 Å². The fourth-order valence-corrected chi connectivity index (χ4v) is 1.10. The first-order valence-corrected chi connectivity index (χ1v) is 4.35. The van der Waals surface area contributed by atoms with E-state index in [9.17, 15) is 0 Å². The molecular formula is C9H12N2S. The smallest absolute Gasteiger partial charge is 0.0787 e. The minimum Gasteiger partial charge on any atom is -0.393 e. The summed E-state index contributed by atoms with van der Waals surface area (Å²) >= 11 is 4.78. The largest absolute Gasteiger partial charge is 0.393 e. The maximum absolute atomic E-state index is 5.39. The van der Waals surface area contributed by atoms with E-state index in [4.69, 9.17) is 18.0 Å². The quantitative estimate of drug-likeness (QED) is 0.716. The van der Waals surface area contributed by atoms with Crippen molar-refractivity contribution in [3.8, 4) is 0 Å². The molecule has 0 aromatic carbocycles. The molecule has 1 aromatic heterocycles. The lowest BCUT2D eigenvalue weighted by molar-refractivity contribution is 1.06. The Morgan fingerprint density at radius 2 is 2.33 bits per heavy atom. The van der Waals surface area contributed by atoms with Gasteiger partial charge in [-0.15, -0.1) is 0 Å². The lowest BCUT2D eigenvalue weighted by atomic mass is 10.2. The zero-order chi connectivity index (χ0) is 8.97. The average molecular weight is 180 g/mol. The molecule has 64 valence electrons. The first-order chi connectivity index (χ1) is 5.72. The van der Waals surface area contributed by atoms with Crippen LogP contribution >= 0.6 is 12.2 Å². The molecule has 2 N–H and O–H groups in total. The second-order valence-corrected chi connectivity index (χ2v) is 3.18. The van der Waals surface area contributed by atoms with Crippen LogP contribution in [-0.4, -0.2) is 9.97 Å². The molecule has 0 bridgehead atoms. The van der Waals surface area contributed by atoms with Gasteiger partial charge in [-0.25, -0.2) is 0 Å². The van der Waals surface area contributed by atoms with E-state index in [0.29, 0.717) is 11.4 Å². The molecule has 12 heavy (non-hydrogen) atoms. The van der Waals surface area contributed by atoms with Crippen LogP contribution in [0.3, 0.4) is 0 Å². The van der Waals surface area contributed by atoms with E-state index in [2.05, 4.69) is 18.0 Å². The molecule has 1 rings (SSSR count). The van der Waals surface area contributed by atoms with Crippen LogP contribution in [0.25, 0.3) is 0 Å². The van der Waals surface area contributed by atoms with Crippen LogP contribution in [0.1, 0.15) is 18.2 Å². The number of hydrogen-bond acceptors (Lipinski definition) is 2. The Balaban J connectivity index is 2.71. The molecule has 0 aliphatic heterocycles. The van der Waals surface area contributed by atoms with E-state index in [-0.39, 0.29) is 0 Å². The third-order valence-electron chi connectivity index (χ3n) is 1.65. The predicted molar refractivity (Wildman–Crippen MR) is 54.1 cm³/mol. The highest BCUT2D eigenvalue weighted by atomic mass is 32.1. The van der Waals surface area contributed by atoms with E-state index in [1.165, 1.54) is 5.56 Å². The summed E-state index contributed by atoms with van der Waals surface area (Å²) in [6.45, 7) is 2.10. The Labute approximate surface area is 77.8 Å². The highest BCUT2D eigenvalue weighted by Crippen LogP contribution is 2.01. The number of pyridine rings is 1. The Morgan fingerprint density at radius 3 is 2.75 bits per heavy atom. The maximum Gasteiger partial charge on any atom is 0.0787 e. The zero-order valence-corrected chi connectivity index (χ0v) is 7.90. The van der Waals surface area contributed by atoms with E-state index < -0.39 is 0 Å². The van der Waals surface area contributed by atoms with E-state index >= 15 is 0 Å². The van der Waals surface area contributed by atoms with E-state index in [1.807, 2.05) is 12.3 Å². The molecular weight excluding hydrogens is 168 g/mol. The van der Waals surface area contributed by atoms with Gasteiger partial charge < -0.3 is 5.73 Å². The van der Waals surface area contributed by atoms with Crippen LogP contribution in [0.15, 0.2) is 18.3 Å². The fraction of sp³-hybridized carbons (Fsp3) is 0.333. The monoisotopic (exact) mass is 180 g/mol. The molecule has 0 aliphatic carbocycles. The second kappa shape index (κ2) is 4.16. The van der Waals surface area contributed by atoms with Gasteiger partial charge in [-0.1, -0.05) is 25.2 Å². The summed E-state index contributed by atoms with van der Waals surface area (Å²) in [4.78, 5) is 4.71. The third kappa shape index (κ3) is 2.58. The summed E-state index contributed by atoms with van der Waals surface area (Å²) in [6.07, 6.45) is 3.48. The summed E-state index contributed by atoms with van der Waals surface area (Å²) in [5.41, 5.74) is 7.57. The Bertz CT molecular complexity index is 266. The van der Waals surface area contributed by atoms with Gasteiger partial charge in [0.25, 0.3) is 0 Å². The summed E-state index contributed by atoms with van der Waals surface area (Å²) in [5.74, 6) is 0. The van der Waals surface area contributed by atoms with Crippen LogP contribution in [0, 0.1) is 0 Å². The minimum atomic E-state index is 0.492. The van der Waals surface area contributed by atoms with Crippen molar-refractivity contribution in [2.24, 2.45) is 5.73 Å². The lowest BCUT2D eigenvalue weighted by Crippen LogP contribution is -2.11. The topological polar surface area (TPSA) is 38.9 Å². The van der Waals surface area contributed by atoms with Gasteiger partial charge in [0.2, 0.25) is 0 Å². The second-order valence-electron chi connectivity index (χ2n) is 2.65. The molecule has 0 saturated heterocycles. The number of hydrogen-bond donors (Lipinski definition) is 1. The summed E-state index contributed by atoms with van der Waals surface area (Å²) in [7, 11) is 0. The number of nitrogens with zero attached hydrogens (tertiary/aromatic N) is 1. The molecule has 0 fully saturated rings. The molecule has 3 heteroatoms. The average Bonchev–Trinajstić information content (AvgIpc) is 2.05. The van der Waals surface area contributed by atoms with Gasteiger partial charge in [-0.3, -0.25) is 4.98 Å². The summed E-state index contributed by atoms with van der Waals surface area (Å²) in [5, 5.41) is 0. The van der Waals surface area contributed by atoms with Crippen LogP contribution in [0.2, 0.25) is 0 Å². The van der Waals surface area contributed by atoms with Crippen LogP contribution in [0.5, 0.6) is 0 Å². The minimum absolute atomic E-state index is 0.492. The Kier molecular flexibility index (Phi) is 3.17. The van der Waals surface area contributed by atoms with E-state index in [0.717, 1.165) is 12.1 Å². The lowest BCUT2D eigenvalue weighted by Gasteiger charge is -1.99. The molecule has 0 spiro atoms. The molecule has 1 heterocycles. The highest BCUT2D eigenvalue weighted by Gasteiger charge is 1.95. The molecule has 0 saturated carbocycles. The zero-order valence-electron chi connectivity index (χ0n) is 7.08. The Morgan fingerprint density at radius 1 is 1.58 bits per heavy atom. The summed E-state index contributed by atoms with van der Waals surface area (Å²) in [6, 6.07) is 4.03.